The second-order valence-corrected chi connectivity index (χ2v) is 6.42. The van der Waals surface area contributed by atoms with Gasteiger partial charge in [0.1, 0.15) is 0 Å². The Morgan fingerprint density at radius 3 is 2.19 bits per heavy atom. The van der Waals surface area contributed by atoms with Gasteiger partial charge in [-0.05, 0) is 36.0 Å². The fourth-order valence-corrected chi connectivity index (χ4v) is 3.11. The smallest absolute Gasteiger partial charge is 0.370 e. The fourth-order valence-electron chi connectivity index (χ4n) is 2.20. The van der Waals surface area contributed by atoms with Gasteiger partial charge in [-0.3, -0.25) is 14.4 Å². The molecule has 0 saturated heterocycles. The summed E-state index contributed by atoms with van der Waals surface area (Å²) < 4.78 is 39.3. The highest BCUT2D eigenvalue weighted by atomic mass is 32.2. The van der Waals surface area contributed by atoms with Gasteiger partial charge in [-0.15, -0.1) is 0 Å². The minimum absolute atomic E-state index is 0.0119. The Morgan fingerprint density at radius 1 is 0.963 bits per heavy atom. The number of rotatable bonds is 6. The van der Waals surface area contributed by atoms with E-state index in [1.165, 1.54) is 24.3 Å². The van der Waals surface area contributed by atoms with Gasteiger partial charge in [-0.2, -0.15) is 13.2 Å². The summed E-state index contributed by atoms with van der Waals surface area (Å²) in [5, 5.41) is 1.64. The number of carbonyl (C=O) groups is 3. The molecule has 0 aliphatic rings. The summed E-state index contributed by atoms with van der Waals surface area (Å²) in [6, 6.07) is 10.5. The lowest BCUT2D eigenvalue weighted by Crippen LogP contribution is -2.28. The largest absolute Gasteiger partial charge is 0.417 e. The lowest BCUT2D eigenvalue weighted by molar-refractivity contribution is -0.137. The van der Waals surface area contributed by atoms with Crippen molar-refractivity contribution in [3.8, 4) is 0 Å². The summed E-state index contributed by atoms with van der Waals surface area (Å²) >= 11 is 0.530. The highest BCUT2D eigenvalue weighted by Gasteiger charge is 2.35. The topological polar surface area (TPSA) is 89.3 Å². The second kappa shape index (κ2) is 8.72. The Balaban J connectivity index is 2.23. The molecule has 2 aromatic rings. The third-order valence-corrected chi connectivity index (χ3v) is 4.42. The van der Waals surface area contributed by atoms with Crippen LogP contribution in [-0.2, 0) is 11.0 Å². The van der Waals surface area contributed by atoms with Crippen molar-refractivity contribution in [3.63, 3.8) is 0 Å². The van der Waals surface area contributed by atoms with E-state index in [1.54, 1.807) is 12.1 Å². The number of hydrogen-bond acceptors (Lipinski definition) is 4. The molecular weight excluding hydrogens is 381 g/mol. The first-order chi connectivity index (χ1) is 12.7. The normalized spacial score (nSPS) is 11.1. The second-order valence-electron chi connectivity index (χ2n) is 5.40. The van der Waals surface area contributed by atoms with Crippen molar-refractivity contribution in [2.24, 2.45) is 5.73 Å². The molecular formula is C18H15F3N2O3S. The lowest BCUT2D eigenvalue weighted by atomic mass is 10.1. The van der Waals surface area contributed by atoms with Gasteiger partial charge in [-0.1, -0.05) is 24.3 Å². The van der Waals surface area contributed by atoms with Gasteiger partial charge in [0.25, 0.3) is 5.91 Å². The fraction of sp³-hybridized carbons (Fsp3) is 0.167. The third-order valence-electron chi connectivity index (χ3n) is 3.44. The van der Waals surface area contributed by atoms with Crippen molar-refractivity contribution >= 4 is 28.7 Å². The highest BCUT2D eigenvalue weighted by molar-refractivity contribution is 8.14. The number of nitrogens with two attached hydrogens (primary N) is 1. The van der Waals surface area contributed by atoms with Crippen molar-refractivity contribution in [3.05, 3.63) is 65.2 Å². The van der Waals surface area contributed by atoms with Crippen LogP contribution in [0.4, 0.5) is 13.2 Å². The van der Waals surface area contributed by atoms with Crippen LogP contribution in [0.25, 0.3) is 0 Å². The first-order valence-corrected chi connectivity index (χ1v) is 8.55. The molecule has 27 heavy (non-hydrogen) atoms. The van der Waals surface area contributed by atoms with Crippen molar-refractivity contribution in [1.82, 2.24) is 5.32 Å². The average Bonchev–Trinajstić information content (AvgIpc) is 2.61. The van der Waals surface area contributed by atoms with Gasteiger partial charge in [0.05, 0.1) is 11.1 Å². The van der Waals surface area contributed by atoms with Crippen LogP contribution in [0.3, 0.4) is 0 Å². The van der Waals surface area contributed by atoms with Crippen LogP contribution in [-0.4, -0.2) is 23.5 Å². The molecule has 0 aromatic heterocycles. The molecule has 2 amide bonds. The van der Waals surface area contributed by atoms with Crippen LogP contribution in [0.15, 0.2) is 53.4 Å². The molecule has 0 heterocycles. The Morgan fingerprint density at radius 2 is 1.56 bits per heavy atom. The van der Waals surface area contributed by atoms with Crippen molar-refractivity contribution in [1.29, 1.82) is 0 Å². The standard InChI is InChI=1S/C18H15F3N2O3S/c19-18(20,21)13-7-3-1-5-11(13)17(26)27-14-8-4-2-6-12(14)16(25)23-10-9-15(22)24/h1-8H,9-10H2,(H2,22,24)(H,23,25). The molecule has 0 fully saturated rings. The van der Waals surface area contributed by atoms with Crippen molar-refractivity contribution < 1.29 is 27.6 Å². The van der Waals surface area contributed by atoms with E-state index < -0.39 is 34.2 Å². The predicted octanol–water partition coefficient (Wildman–Crippen LogP) is 3.24. The van der Waals surface area contributed by atoms with E-state index in [1.807, 2.05) is 0 Å². The van der Waals surface area contributed by atoms with Crippen LogP contribution < -0.4 is 11.1 Å². The molecule has 2 rings (SSSR count). The number of carbonyl (C=O) groups excluding carboxylic acids is 3. The molecule has 3 N–H and O–H groups in total. The molecule has 0 aliphatic carbocycles. The number of amides is 2. The van der Waals surface area contributed by atoms with E-state index in [4.69, 9.17) is 5.73 Å². The van der Waals surface area contributed by atoms with Crippen LogP contribution in [0.1, 0.15) is 32.7 Å². The molecule has 0 bridgehead atoms. The number of halogens is 3. The number of thioether (sulfide) groups is 1. The number of alkyl halides is 3. The lowest BCUT2D eigenvalue weighted by Gasteiger charge is -2.12. The van der Waals surface area contributed by atoms with Gasteiger partial charge in [0.2, 0.25) is 11.0 Å². The van der Waals surface area contributed by atoms with Crippen molar-refractivity contribution in [2.45, 2.75) is 17.5 Å². The van der Waals surface area contributed by atoms with E-state index in [-0.39, 0.29) is 23.4 Å². The number of hydrogen-bond donors (Lipinski definition) is 2. The van der Waals surface area contributed by atoms with Crippen LogP contribution in [0, 0.1) is 0 Å². The molecule has 0 unspecified atom stereocenters. The van der Waals surface area contributed by atoms with E-state index in [9.17, 15) is 27.6 Å². The monoisotopic (exact) mass is 396 g/mol. The van der Waals surface area contributed by atoms with Gasteiger partial charge >= 0.3 is 6.18 Å². The minimum atomic E-state index is -4.67. The first kappa shape index (κ1) is 20.5. The van der Waals surface area contributed by atoms with Gasteiger partial charge < -0.3 is 11.1 Å². The molecule has 0 radical (unpaired) electrons. The Bertz CT molecular complexity index is 869. The Labute approximate surface area is 157 Å². The minimum Gasteiger partial charge on any atom is -0.370 e. The maximum absolute atomic E-state index is 13.1. The van der Waals surface area contributed by atoms with Crippen LogP contribution in [0.5, 0.6) is 0 Å². The summed E-state index contributed by atoms with van der Waals surface area (Å²) in [5.41, 5.74) is 3.59. The van der Waals surface area contributed by atoms with Crippen molar-refractivity contribution in [2.75, 3.05) is 6.54 Å². The Hall–Kier alpha value is -2.81. The van der Waals surface area contributed by atoms with Crippen LogP contribution >= 0.6 is 11.8 Å². The molecule has 0 spiro atoms. The van der Waals surface area contributed by atoms with Gasteiger partial charge in [0.15, 0.2) is 0 Å². The summed E-state index contributed by atoms with van der Waals surface area (Å²) in [7, 11) is 0. The molecule has 142 valence electrons. The van der Waals surface area contributed by atoms with E-state index in [2.05, 4.69) is 5.32 Å². The quantitative estimate of drug-likeness (QED) is 0.734. The van der Waals surface area contributed by atoms with Crippen LogP contribution in [0.2, 0.25) is 0 Å². The molecule has 2 aromatic carbocycles. The average molecular weight is 396 g/mol. The number of primary amides is 1. The number of benzene rings is 2. The van der Waals surface area contributed by atoms with E-state index >= 15 is 0 Å². The van der Waals surface area contributed by atoms with Gasteiger partial charge in [-0.25, -0.2) is 0 Å². The third kappa shape index (κ3) is 5.58. The van der Waals surface area contributed by atoms with Gasteiger partial charge in [0, 0.05) is 23.4 Å². The van der Waals surface area contributed by atoms with E-state index in [0.29, 0.717) is 11.8 Å². The molecule has 0 atom stereocenters. The summed E-state index contributed by atoms with van der Waals surface area (Å²) in [4.78, 5) is 35.6. The molecule has 9 heteroatoms. The molecule has 0 saturated carbocycles. The highest BCUT2D eigenvalue weighted by Crippen LogP contribution is 2.35. The summed E-state index contributed by atoms with van der Waals surface area (Å²) in [5.74, 6) is -1.15. The summed E-state index contributed by atoms with van der Waals surface area (Å²) in [6.07, 6.45) is -4.72. The maximum atomic E-state index is 13.1. The maximum Gasteiger partial charge on any atom is 0.417 e. The predicted molar refractivity (Wildman–Crippen MR) is 94.2 cm³/mol. The molecule has 0 aliphatic heterocycles. The number of nitrogens with one attached hydrogen (secondary N) is 1. The zero-order valence-electron chi connectivity index (χ0n) is 13.9. The first-order valence-electron chi connectivity index (χ1n) is 7.74. The molecule has 5 nitrogen and oxygen atoms in total. The van der Waals surface area contributed by atoms with E-state index in [0.717, 1.165) is 12.1 Å². The SMILES string of the molecule is NC(=O)CCNC(=O)c1ccccc1SC(=O)c1ccccc1C(F)(F)F. The zero-order chi connectivity index (χ0) is 20.0. The summed E-state index contributed by atoms with van der Waals surface area (Å²) in [6.45, 7) is 0.0119. The Kier molecular flexibility index (Phi) is 6.62. The zero-order valence-corrected chi connectivity index (χ0v) is 14.7.